The number of nitrogens with one attached hydrogen (secondary N) is 2. The van der Waals surface area contributed by atoms with Crippen molar-refractivity contribution in [1.82, 2.24) is 10.6 Å². The molecular formula is C20H29N3O3. The Hall–Kier alpha value is -1.95. The molecule has 3 aliphatic heterocycles. The molecule has 2 fully saturated rings. The summed E-state index contributed by atoms with van der Waals surface area (Å²) in [4.78, 5) is 4.40. The van der Waals surface area contributed by atoms with Crippen LogP contribution in [0.3, 0.4) is 0 Å². The minimum Gasteiger partial charge on any atom is -0.486 e. The average Bonchev–Trinajstić information content (AvgIpc) is 3.27. The second kappa shape index (κ2) is 6.99. The molecular weight excluding hydrogens is 330 g/mol. The number of hydrogen-bond acceptors (Lipinski definition) is 4. The number of rotatable bonds is 4. The van der Waals surface area contributed by atoms with E-state index < -0.39 is 0 Å². The molecule has 0 saturated carbocycles. The maximum absolute atomic E-state index is 5.93. The maximum Gasteiger partial charge on any atom is 0.191 e. The Bertz CT molecular complexity index is 689. The summed E-state index contributed by atoms with van der Waals surface area (Å²) in [5.41, 5.74) is 1.14. The standard InChI is InChI=1S/C20H29N3O3/c1-20(2,13-4-6-17-18(10-13)25-9-8-24-17)12-22-19(21-3)23-15-11-14-5-7-16(15)26-14/h4,6,10,14-16H,5,7-9,11-12H2,1-3H3,(H2,21,22,23). The molecule has 26 heavy (non-hydrogen) atoms. The number of hydrogen-bond donors (Lipinski definition) is 2. The van der Waals surface area contributed by atoms with Crippen molar-refractivity contribution >= 4 is 5.96 Å². The molecule has 2 bridgehead atoms. The monoisotopic (exact) mass is 359 g/mol. The molecule has 1 aromatic carbocycles. The highest BCUT2D eigenvalue weighted by Crippen LogP contribution is 2.35. The fourth-order valence-corrected chi connectivity index (χ4v) is 4.03. The van der Waals surface area contributed by atoms with Crippen LogP contribution in [0.2, 0.25) is 0 Å². The van der Waals surface area contributed by atoms with Crippen molar-refractivity contribution in [3.8, 4) is 11.5 Å². The predicted molar refractivity (Wildman–Crippen MR) is 101 cm³/mol. The van der Waals surface area contributed by atoms with Crippen LogP contribution in [0.4, 0.5) is 0 Å². The number of aliphatic imine (C=N–C) groups is 1. The lowest BCUT2D eigenvalue weighted by molar-refractivity contribution is 0.0992. The van der Waals surface area contributed by atoms with Crippen LogP contribution in [-0.4, -0.2) is 51.0 Å². The Morgan fingerprint density at radius 1 is 1.19 bits per heavy atom. The quantitative estimate of drug-likeness (QED) is 0.638. The van der Waals surface area contributed by atoms with Gasteiger partial charge in [0.2, 0.25) is 0 Å². The van der Waals surface area contributed by atoms with Crippen LogP contribution in [0.25, 0.3) is 0 Å². The van der Waals surface area contributed by atoms with Gasteiger partial charge in [0.15, 0.2) is 17.5 Å². The molecule has 0 aromatic heterocycles. The highest BCUT2D eigenvalue weighted by Gasteiger charge is 2.41. The number of benzene rings is 1. The predicted octanol–water partition coefficient (Wildman–Crippen LogP) is 2.22. The van der Waals surface area contributed by atoms with Crippen LogP contribution in [0.5, 0.6) is 11.5 Å². The van der Waals surface area contributed by atoms with Gasteiger partial charge < -0.3 is 24.8 Å². The summed E-state index contributed by atoms with van der Waals surface area (Å²) in [5, 5.41) is 7.03. The van der Waals surface area contributed by atoms with E-state index in [0.717, 1.165) is 36.8 Å². The normalized spacial score (nSPS) is 27.5. The van der Waals surface area contributed by atoms with Crippen molar-refractivity contribution in [2.24, 2.45) is 4.99 Å². The van der Waals surface area contributed by atoms with Gasteiger partial charge in [0, 0.05) is 19.0 Å². The van der Waals surface area contributed by atoms with Gasteiger partial charge in [-0.3, -0.25) is 4.99 Å². The fraction of sp³-hybridized carbons (Fsp3) is 0.650. The highest BCUT2D eigenvalue weighted by atomic mass is 16.6. The molecule has 0 aliphatic carbocycles. The summed E-state index contributed by atoms with van der Waals surface area (Å²) in [7, 11) is 1.82. The minimum atomic E-state index is -0.0708. The van der Waals surface area contributed by atoms with Crippen molar-refractivity contribution in [3.05, 3.63) is 23.8 Å². The number of nitrogens with zero attached hydrogens (tertiary/aromatic N) is 1. The van der Waals surface area contributed by atoms with Gasteiger partial charge in [0.05, 0.1) is 18.2 Å². The van der Waals surface area contributed by atoms with Crippen LogP contribution in [0, 0.1) is 0 Å². The summed E-state index contributed by atoms with van der Waals surface area (Å²) in [6.45, 7) is 6.44. The van der Waals surface area contributed by atoms with E-state index in [2.05, 4.69) is 41.6 Å². The first-order chi connectivity index (χ1) is 12.5. The van der Waals surface area contributed by atoms with E-state index in [1.54, 1.807) is 0 Å². The molecule has 142 valence electrons. The number of guanidine groups is 1. The van der Waals surface area contributed by atoms with Crippen molar-refractivity contribution in [3.63, 3.8) is 0 Å². The van der Waals surface area contributed by atoms with Gasteiger partial charge in [-0.1, -0.05) is 19.9 Å². The van der Waals surface area contributed by atoms with Crippen LogP contribution >= 0.6 is 0 Å². The molecule has 1 aromatic rings. The summed E-state index contributed by atoms with van der Waals surface area (Å²) in [6, 6.07) is 6.59. The molecule has 0 spiro atoms. The largest absolute Gasteiger partial charge is 0.486 e. The smallest absolute Gasteiger partial charge is 0.191 e. The van der Waals surface area contributed by atoms with E-state index in [0.29, 0.717) is 31.5 Å². The second-order valence-electron chi connectivity index (χ2n) is 8.03. The summed E-state index contributed by atoms with van der Waals surface area (Å²) >= 11 is 0. The first-order valence-electron chi connectivity index (χ1n) is 9.58. The SMILES string of the molecule is CN=C(NCC(C)(C)c1ccc2c(c1)OCCO2)NC1CC2CCC1O2. The zero-order chi connectivity index (χ0) is 18.1. The Morgan fingerprint density at radius 3 is 2.69 bits per heavy atom. The second-order valence-corrected chi connectivity index (χ2v) is 8.03. The Kier molecular flexibility index (Phi) is 4.69. The topological polar surface area (TPSA) is 64.1 Å². The third-order valence-corrected chi connectivity index (χ3v) is 5.67. The maximum atomic E-state index is 5.93. The minimum absolute atomic E-state index is 0.0708. The van der Waals surface area contributed by atoms with E-state index in [1.165, 1.54) is 12.0 Å². The van der Waals surface area contributed by atoms with E-state index in [1.807, 2.05) is 13.1 Å². The summed E-state index contributed by atoms with van der Waals surface area (Å²) in [5.74, 6) is 2.51. The van der Waals surface area contributed by atoms with E-state index in [4.69, 9.17) is 14.2 Å². The number of ether oxygens (including phenoxy) is 3. The van der Waals surface area contributed by atoms with E-state index in [9.17, 15) is 0 Å². The van der Waals surface area contributed by atoms with Gasteiger partial charge in [-0.05, 0) is 37.0 Å². The molecule has 6 nitrogen and oxygen atoms in total. The zero-order valence-electron chi connectivity index (χ0n) is 15.9. The van der Waals surface area contributed by atoms with Gasteiger partial charge >= 0.3 is 0 Å². The molecule has 2 saturated heterocycles. The van der Waals surface area contributed by atoms with Gasteiger partial charge in [0.25, 0.3) is 0 Å². The molecule has 4 rings (SSSR count). The Balaban J connectivity index is 1.37. The van der Waals surface area contributed by atoms with Crippen LogP contribution < -0.4 is 20.1 Å². The molecule has 3 unspecified atom stereocenters. The van der Waals surface area contributed by atoms with E-state index in [-0.39, 0.29) is 5.41 Å². The van der Waals surface area contributed by atoms with Crippen LogP contribution in [0.15, 0.2) is 23.2 Å². The Labute approximate surface area is 155 Å². The third kappa shape index (κ3) is 3.47. The van der Waals surface area contributed by atoms with Crippen LogP contribution in [0.1, 0.15) is 38.7 Å². The zero-order valence-corrected chi connectivity index (χ0v) is 15.9. The lowest BCUT2D eigenvalue weighted by Crippen LogP contribution is -2.49. The lowest BCUT2D eigenvalue weighted by atomic mass is 9.84. The molecule has 3 heterocycles. The van der Waals surface area contributed by atoms with Crippen molar-refractivity contribution in [1.29, 1.82) is 0 Å². The van der Waals surface area contributed by atoms with Gasteiger partial charge in [0.1, 0.15) is 13.2 Å². The third-order valence-electron chi connectivity index (χ3n) is 5.67. The lowest BCUT2D eigenvalue weighted by Gasteiger charge is -2.29. The fourth-order valence-electron chi connectivity index (χ4n) is 4.03. The Morgan fingerprint density at radius 2 is 2.00 bits per heavy atom. The number of fused-ring (bicyclic) bond motifs is 3. The summed E-state index contributed by atoms with van der Waals surface area (Å²) < 4.78 is 17.3. The van der Waals surface area contributed by atoms with Gasteiger partial charge in [-0.2, -0.15) is 0 Å². The molecule has 0 amide bonds. The average molecular weight is 359 g/mol. The highest BCUT2D eigenvalue weighted by molar-refractivity contribution is 5.80. The van der Waals surface area contributed by atoms with Crippen molar-refractivity contribution in [2.75, 3.05) is 26.8 Å². The van der Waals surface area contributed by atoms with Gasteiger partial charge in [-0.15, -0.1) is 0 Å². The van der Waals surface area contributed by atoms with E-state index >= 15 is 0 Å². The van der Waals surface area contributed by atoms with Gasteiger partial charge in [-0.25, -0.2) is 0 Å². The van der Waals surface area contributed by atoms with Crippen molar-refractivity contribution in [2.45, 2.75) is 56.8 Å². The summed E-state index contributed by atoms with van der Waals surface area (Å²) in [6.07, 6.45) is 4.21. The van der Waals surface area contributed by atoms with Crippen molar-refractivity contribution < 1.29 is 14.2 Å². The molecule has 6 heteroatoms. The molecule has 0 radical (unpaired) electrons. The van der Waals surface area contributed by atoms with Crippen LogP contribution in [-0.2, 0) is 10.2 Å². The first-order valence-corrected chi connectivity index (χ1v) is 9.58. The molecule has 3 atom stereocenters. The molecule has 3 aliphatic rings. The first kappa shape index (κ1) is 17.5. The molecule has 2 N–H and O–H groups in total.